The molecule has 14 heteroatoms. The summed E-state index contributed by atoms with van der Waals surface area (Å²) in [4.78, 5) is 48.9. The van der Waals surface area contributed by atoms with Gasteiger partial charge in [-0.25, -0.2) is 9.88 Å². The van der Waals surface area contributed by atoms with Crippen LogP contribution < -0.4 is 21.7 Å². The van der Waals surface area contributed by atoms with Crippen molar-refractivity contribution in [3.63, 3.8) is 0 Å². The zero-order valence-electron chi connectivity index (χ0n) is 30.3. The summed E-state index contributed by atoms with van der Waals surface area (Å²) in [6.07, 6.45) is 4.19. The number of tetrazole rings is 1. The molecule has 1 aliphatic rings. The van der Waals surface area contributed by atoms with Crippen LogP contribution in [0, 0.1) is 18.8 Å². The van der Waals surface area contributed by atoms with Crippen LogP contribution in [0.4, 0.5) is 5.69 Å². The summed E-state index contributed by atoms with van der Waals surface area (Å²) in [6, 6.07) is 17.4. The van der Waals surface area contributed by atoms with Crippen LogP contribution in [0.25, 0.3) is 22.5 Å². The molecule has 0 aliphatic heterocycles. The summed E-state index contributed by atoms with van der Waals surface area (Å²) >= 11 is 0. The topological polar surface area (TPSA) is 189 Å². The maximum Gasteiger partial charge on any atom is 0.269 e. The highest BCUT2D eigenvalue weighted by atomic mass is 35.5. The minimum absolute atomic E-state index is 0. The highest BCUT2D eigenvalue weighted by Gasteiger charge is 2.35. The molecule has 1 aliphatic carbocycles. The van der Waals surface area contributed by atoms with Crippen molar-refractivity contribution in [2.24, 2.45) is 23.3 Å². The fraction of sp³-hybridized carbons (Fsp3) is 0.447. The molecule has 1 fully saturated rings. The number of benzene rings is 2. The Morgan fingerprint density at radius 3 is 2.21 bits per heavy atom. The fourth-order valence-corrected chi connectivity index (χ4v) is 6.69. The number of pyridine rings is 1. The van der Waals surface area contributed by atoms with E-state index in [0.29, 0.717) is 54.6 Å². The quantitative estimate of drug-likeness (QED) is 0.128. The number of nitrogens with zero attached hydrogens (tertiary/aromatic N) is 6. The summed E-state index contributed by atoms with van der Waals surface area (Å²) in [5, 5.41) is 17.0. The summed E-state index contributed by atoms with van der Waals surface area (Å²) in [7, 11) is 0. The summed E-state index contributed by atoms with van der Waals surface area (Å²) in [6.45, 7) is 10.3. The third-order valence-electron chi connectivity index (χ3n) is 9.89. The Balaban J connectivity index is 0.00000605. The molecule has 0 spiro atoms. The summed E-state index contributed by atoms with van der Waals surface area (Å²) in [5.41, 5.74) is 17.4. The number of hydrogen-bond acceptors (Lipinski definition) is 10. The van der Waals surface area contributed by atoms with Crippen molar-refractivity contribution in [1.82, 2.24) is 35.8 Å². The molecule has 3 amide bonds. The number of amides is 3. The molecule has 0 bridgehead atoms. The minimum atomic E-state index is -0.953. The second-order valence-electron chi connectivity index (χ2n) is 13.2. The smallest absolute Gasteiger partial charge is 0.269 e. The molecule has 2 heterocycles. The minimum Gasteiger partial charge on any atom is -0.351 e. The number of nitrogens with two attached hydrogens (primary N) is 2. The van der Waals surface area contributed by atoms with Crippen molar-refractivity contribution in [1.29, 1.82) is 0 Å². The number of imide groups is 1. The monoisotopic (exact) mass is 730 g/mol. The highest BCUT2D eigenvalue weighted by molar-refractivity contribution is 6.17. The average molecular weight is 731 g/mol. The summed E-state index contributed by atoms with van der Waals surface area (Å²) in [5.74, 6) is -0.362. The number of aromatic amines is 1. The Bertz CT molecular complexity index is 1740. The lowest BCUT2D eigenvalue weighted by molar-refractivity contribution is -0.130. The van der Waals surface area contributed by atoms with E-state index in [-0.39, 0.29) is 36.6 Å². The molecule has 5 rings (SSSR count). The molecule has 2 aromatic heterocycles. The number of anilines is 1. The number of aryl methyl sites for hydroxylation is 1. The molecular formula is C38H51ClN10O3. The van der Waals surface area contributed by atoms with Crippen molar-refractivity contribution >= 4 is 35.8 Å². The third kappa shape index (κ3) is 10.1. The van der Waals surface area contributed by atoms with Gasteiger partial charge in [-0.05, 0) is 124 Å². The number of hydrogen-bond donors (Lipinski definition) is 4. The second kappa shape index (κ2) is 19.3. The summed E-state index contributed by atoms with van der Waals surface area (Å²) < 4.78 is 0. The Morgan fingerprint density at radius 1 is 0.942 bits per heavy atom. The van der Waals surface area contributed by atoms with E-state index in [0.717, 1.165) is 61.3 Å². The van der Waals surface area contributed by atoms with Crippen molar-refractivity contribution in [3.8, 4) is 22.5 Å². The molecule has 0 unspecified atom stereocenters. The van der Waals surface area contributed by atoms with Crippen LogP contribution in [-0.4, -0.2) is 87.0 Å². The normalized spacial score (nSPS) is 16.2. The van der Waals surface area contributed by atoms with Gasteiger partial charge in [-0.15, -0.1) is 22.6 Å². The fourth-order valence-electron chi connectivity index (χ4n) is 6.69. The van der Waals surface area contributed by atoms with E-state index in [1.54, 1.807) is 30.3 Å². The van der Waals surface area contributed by atoms with Crippen molar-refractivity contribution in [2.45, 2.75) is 65.3 Å². The molecule has 6 N–H and O–H groups in total. The largest absolute Gasteiger partial charge is 0.351 e. The van der Waals surface area contributed by atoms with Crippen LogP contribution >= 0.6 is 12.4 Å². The van der Waals surface area contributed by atoms with E-state index in [4.69, 9.17) is 11.5 Å². The lowest BCUT2D eigenvalue weighted by Gasteiger charge is -2.32. The predicted molar refractivity (Wildman–Crippen MR) is 205 cm³/mol. The molecule has 278 valence electrons. The van der Waals surface area contributed by atoms with Crippen LogP contribution in [0.2, 0.25) is 0 Å². The van der Waals surface area contributed by atoms with Crippen molar-refractivity contribution in [2.75, 3.05) is 37.6 Å². The maximum atomic E-state index is 14.0. The molecule has 13 nitrogen and oxygen atoms in total. The van der Waals surface area contributed by atoms with Crippen LogP contribution in [0.1, 0.15) is 67.7 Å². The predicted octanol–water partition coefficient (Wildman–Crippen LogP) is 4.32. The van der Waals surface area contributed by atoms with Gasteiger partial charge in [-0.3, -0.25) is 14.4 Å². The van der Waals surface area contributed by atoms with Crippen LogP contribution in [0.5, 0.6) is 0 Å². The van der Waals surface area contributed by atoms with Gasteiger partial charge in [0.1, 0.15) is 5.69 Å². The Kier molecular flexibility index (Phi) is 14.9. The van der Waals surface area contributed by atoms with Gasteiger partial charge in [-0.2, -0.15) is 5.21 Å². The Labute approximate surface area is 311 Å². The van der Waals surface area contributed by atoms with E-state index < -0.39 is 11.9 Å². The first-order chi connectivity index (χ1) is 24.7. The molecule has 0 saturated heterocycles. The van der Waals surface area contributed by atoms with Gasteiger partial charge in [0.05, 0.1) is 11.7 Å². The van der Waals surface area contributed by atoms with E-state index in [1.165, 1.54) is 4.90 Å². The first-order valence-electron chi connectivity index (χ1n) is 18.0. The van der Waals surface area contributed by atoms with E-state index >= 15 is 0 Å². The number of aromatic nitrogens is 5. The van der Waals surface area contributed by atoms with Gasteiger partial charge in [0.15, 0.2) is 0 Å². The maximum absolute atomic E-state index is 14.0. The number of carbonyl (C=O) groups excluding carboxylic acids is 3. The first kappa shape index (κ1) is 40.2. The number of nitrogens with one attached hydrogen (secondary N) is 2. The molecule has 2 aromatic carbocycles. The van der Waals surface area contributed by atoms with Gasteiger partial charge in [0.25, 0.3) is 11.8 Å². The second-order valence-corrected chi connectivity index (χ2v) is 13.2. The Hall–Kier alpha value is -4.56. The zero-order chi connectivity index (χ0) is 36.3. The lowest BCUT2D eigenvalue weighted by Crippen LogP contribution is -2.50. The lowest BCUT2D eigenvalue weighted by atomic mass is 9.81. The molecule has 1 saturated carbocycles. The number of H-pyrrole nitrogens is 1. The third-order valence-corrected chi connectivity index (χ3v) is 9.89. The number of carbonyl (C=O) groups is 3. The zero-order valence-corrected chi connectivity index (χ0v) is 31.1. The number of rotatable bonds is 15. The standard InChI is InChI=1S/C38H50N10O3.ClH/c1-4-47(5-2)22-6-21-41-36(49)34-20-19-32(25(3)42-34)28-11-7-26(8-12-28)23-33(40)38(51)48(37(50)30-13-9-27(24-39)10-14-30)31-17-15-29(16-18-31)35-43-45-46-44-35;/h7-8,11-12,15-20,27,30,33H,4-6,9-10,13-14,21-24,39-40H2,1-3H3,(H,41,49)(H,43,44,45,46);1H/t27?,30?,33-;/m0./s1. The highest BCUT2D eigenvalue weighted by Crippen LogP contribution is 2.32. The SMILES string of the molecule is CCN(CC)CCCNC(=O)c1ccc(-c2ccc(C[C@H](N)C(=O)N(C(=O)C3CCC(CN)CC3)c3ccc(-c4nn[nH]n4)cc3)cc2)c(C)n1.Cl. The van der Waals surface area contributed by atoms with Crippen molar-refractivity contribution < 1.29 is 14.4 Å². The molecular weight excluding hydrogens is 680 g/mol. The van der Waals surface area contributed by atoms with Crippen LogP contribution in [0.15, 0.2) is 60.7 Å². The van der Waals surface area contributed by atoms with Gasteiger partial charge >= 0.3 is 0 Å². The van der Waals surface area contributed by atoms with Gasteiger partial charge in [0.2, 0.25) is 11.7 Å². The van der Waals surface area contributed by atoms with Crippen LogP contribution in [-0.2, 0) is 16.0 Å². The first-order valence-corrected chi connectivity index (χ1v) is 18.0. The molecule has 4 aromatic rings. The van der Waals surface area contributed by atoms with Crippen LogP contribution in [0.3, 0.4) is 0 Å². The Morgan fingerprint density at radius 2 is 1.62 bits per heavy atom. The number of halogens is 1. The molecule has 52 heavy (non-hydrogen) atoms. The van der Waals surface area contributed by atoms with Crippen molar-refractivity contribution in [3.05, 3.63) is 77.6 Å². The van der Waals surface area contributed by atoms with Gasteiger partial charge in [-0.1, -0.05) is 44.2 Å². The van der Waals surface area contributed by atoms with E-state index in [2.05, 4.69) is 49.7 Å². The van der Waals surface area contributed by atoms with E-state index in [9.17, 15) is 14.4 Å². The van der Waals surface area contributed by atoms with Gasteiger partial charge < -0.3 is 21.7 Å². The van der Waals surface area contributed by atoms with Gasteiger partial charge in [0, 0.05) is 29.3 Å². The van der Waals surface area contributed by atoms with E-state index in [1.807, 2.05) is 37.3 Å². The molecule has 0 radical (unpaired) electrons. The average Bonchev–Trinajstić information content (AvgIpc) is 3.71. The molecule has 1 atom stereocenters.